The molecular weight excluding hydrogens is 256 g/mol. The predicted molar refractivity (Wildman–Crippen MR) is 68.2 cm³/mol. The lowest BCUT2D eigenvalue weighted by atomic mass is 10.5. The highest BCUT2D eigenvalue weighted by Gasteiger charge is 2.36. The Bertz CT molecular complexity index is 233. The van der Waals surface area contributed by atoms with Crippen molar-refractivity contribution < 1.29 is 27.5 Å². The van der Waals surface area contributed by atoms with Gasteiger partial charge in [-0.3, -0.25) is 0 Å². The van der Waals surface area contributed by atoms with Gasteiger partial charge in [0.25, 0.3) is 0 Å². The zero-order valence-electron chi connectivity index (χ0n) is 11.3. The second-order valence-corrected chi connectivity index (χ2v) is 6.47. The van der Waals surface area contributed by atoms with Gasteiger partial charge in [0.15, 0.2) is 0 Å². The van der Waals surface area contributed by atoms with Crippen LogP contribution in [0, 0.1) is 0 Å². The van der Waals surface area contributed by atoms with Crippen molar-refractivity contribution in [2.24, 2.45) is 0 Å². The molecule has 0 aromatic rings. The predicted octanol–water partition coefficient (Wildman–Crippen LogP) is 1.00. The van der Waals surface area contributed by atoms with Crippen molar-refractivity contribution >= 4 is 14.8 Å². The molecule has 6 nitrogen and oxygen atoms in total. The van der Waals surface area contributed by atoms with E-state index in [4.69, 9.17) is 22.8 Å². The second-order valence-electron chi connectivity index (χ2n) is 3.38. The third-order valence-corrected chi connectivity index (χ3v) is 5.18. The van der Waals surface area contributed by atoms with Gasteiger partial charge < -0.3 is 22.8 Å². The fourth-order valence-electron chi connectivity index (χ4n) is 1.31. The minimum Gasteiger partial charge on any atom is -0.460 e. The van der Waals surface area contributed by atoms with Crippen LogP contribution < -0.4 is 0 Å². The summed E-state index contributed by atoms with van der Waals surface area (Å²) >= 11 is 0. The molecule has 0 saturated heterocycles. The summed E-state index contributed by atoms with van der Waals surface area (Å²) < 4.78 is 25.9. The normalized spacial score (nSPS) is 11.3. The van der Waals surface area contributed by atoms with E-state index in [9.17, 15) is 4.79 Å². The Labute approximate surface area is 109 Å². The van der Waals surface area contributed by atoms with E-state index in [0.29, 0.717) is 19.3 Å². The molecule has 0 aromatic heterocycles. The molecule has 0 aliphatic heterocycles. The number of carbonyl (C=O) groups is 1. The van der Waals surface area contributed by atoms with Crippen molar-refractivity contribution in [2.45, 2.75) is 12.5 Å². The van der Waals surface area contributed by atoms with Crippen molar-refractivity contribution in [3.8, 4) is 0 Å². The van der Waals surface area contributed by atoms with Crippen molar-refractivity contribution in [1.82, 2.24) is 0 Å². The molecule has 0 atom stereocenters. The first-order chi connectivity index (χ1) is 8.64. The molecule has 0 saturated carbocycles. The number of ether oxygens (including phenoxy) is 2. The minimum atomic E-state index is -2.49. The Kier molecular flexibility index (Phi) is 9.80. The molecule has 0 aliphatic rings. The quantitative estimate of drug-likeness (QED) is 0.243. The average molecular weight is 278 g/mol. The summed E-state index contributed by atoms with van der Waals surface area (Å²) in [6.45, 7) is 4.42. The molecule has 0 bridgehead atoms. The van der Waals surface area contributed by atoms with E-state index in [1.807, 2.05) is 0 Å². The minimum absolute atomic E-state index is 0.228. The standard InChI is InChI=1S/C11H22O6Si/c1-5-11(12)17-9-8-16-7-6-10-18(13-2,14-3)15-4/h5H,1,6-10H2,2-4H3. The van der Waals surface area contributed by atoms with Gasteiger partial charge in [0, 0.05) is 40.1 Å². The third-order valence-electron chi connectivity index (χ3n) is 2.34. The molecule has 0 fully saturated rings. The van der Waals surface area contributed by atoms with Gasteiger partial charge in [0.2, 0.25) is 0 Å². The topological polar surface area (TPSA) is 63.2 Å². The molecule has 0 rings (SSSR count). The molecule has 7 heteroatoms. The van der Waals surface area contributed by atoms with Gasteiger partial charge in [0.1, 0.15) is 6.61 Å². The molecule has 106 valence electrons. The van der Waals surface area contributed by atoms with E-state index in [1.165, 1.54) is 0 Å². The van der Waals surface area contributed by atoms with Crippen molar-refractivity contribution in [2.75, 3.05) is 41.2 Å². The molecule has 0 unspecified atom stereocenters. The van der Waals surface area contributed by atoms with Gasteiger partial charge in [-0.25, -0.2) is 4.79 Å². The molecule has 18 heavy (non-hydrogen) atoms. The SMILES string of the molecule is C=CC(=O)OCCOCCC[Si](OC)(OC)OC. The maximum Gasteiger partial charge on any atom is 0.500 e. The number of hydrogen-bond acceptors (Lipinski definition) is 6. The highest BCUT2D eigenvalue weighted by atomic mass is 28.4. The Morgan fingerprint density at radius 3 is 2.22 bits per heavy atom. The van der Waals surface area contributed by atoms with Crippen LogP contribution in [0.5, 0.6) is 0 Å². The van der Waals surface area contributed by atoms with E-state index in [2.05, 4.69) is 6.58 Å². The molecule has 0 N–H and O–H groups in total. The summed E-state index contributed by atoms with van der Waals surface area (Å²) in [6.07, 6.45) is 1.88. The van der Waals surface area contributed by atoms with E-state index < -0.39 is 14.8 Å². The monoisotopic (exact) mass is 278 g/mol. The Morgan fingerprint density at radius 2 is 1.72 bits per heavy atom. The van der Waals surface area contributed by atoms with Crippen LogP contribution in [0.3, 0.4) is 0 Å². The van der Waals surface area contributed by atoms with Crippen LogP contribution in [-0.4, -0.2) is 55.9 Å². The lowest BCUT2D eigenvalue weighted by molar-refractivity contribution is -0.139. The van der Waals surface area contributed by atoms with Crippen LogP contribution in [0.25, 0.3) is 0 Å². The summed E-state index contributed by atoms with van der Waals surface area (Å²) in [4.78, 5) is 10.7. The summed E-state index contributed by atoms with van der Waals surface area (Å²) in [5, 5.41) is 0. The molecule has 0 aliphatic carbocycles. The Balaban J connectivity index is 3.55. The van der Waals surface area contributed by atoms with E-state index in [1.54, 1.807) is 21.3 Å². The lowest BCUT2D eigenvalue weighted by Crippen LogP contribution is -2.42. The fourth-order valence-corrected chi connectivity index (χ4v) is 3.00. The number of esters is 1. The van der Waals surface area contributed by atoms with Crippen LogP contribution in [0.2, 0.25) is 6.04 Å². The maximum absolute atomic E-state index is 10.7. The van der Waals surface area contributed by atoms with Crippen molar-refractivity contribution in [3.63, 3.8) is 0 Å². The van der Waals surface area contributed by atoms with Crippen LogP contribution in [0.4, 0.5) is 0 Å². The van der Waals surface area contributed by atoms with Crippen LogP contribution >= 0.6 is 0 Å². The first kappa shape index (κ1) is 17.3. The molecule has 0 amide bonds. The number of hydrogen-bond donors (Lipinski definition) is 0. The number of rotatable bonds is 11. The van der Waals surface area contributed by atoms with Crippen LogP contribution in [-0.2, 0) is 27.5 Å². The largest absolute Gasteiger partial charge is 0.500 e. The number of carbonyl (C=O) groups excluding carboxylic acids is 1. The smallest absolute Gasteiger partial charge is 0.460 e. The van der Waals surface area contributed by atoms with Gasteiger partial charge >= 0.3 is 14.8 Å². The summed E-state index contributed by atoms with van der Waals surface area (Å²) in [7, 11) is 2.25. The average Bonchev–Trinajstić information content (AvgIpc) is 2.42. The van der Waals surface area contributed by atoms with Gasteiger partial charge in [-0.1, -0.05) is 6.58 Å². The van der Waals surface area contributed by atoms with E-state index >= 15 is 0 Å². The molecule has 0 aromatic carbocycles. The first-order valence-corrected chi connectivity index (χ1v) is 7.59. The zero-order valence-corrected chi connectivity index (χ0v) is 12.3. The Hall–Kier alpha value is -0.733. The van der Waals surface area contributed by atoms with Crippen molar-refractivity contribution in [1.29, 1.82) is 0 Å². The first-order valence-electron chi connectivity index (χ1n) is 5.66. The second kappa shape index (κ2) is 10.2. The fraction of sp³-hybridized carbons (Fsp3) is 0.727. The maximum atomic E-state index is 10.7. The lowest BCUT2D eigenvalue weighted by Gasteiger charge is -2.24. The van der Waals surface area contributed by atoms with Gasteiger partial charge in [-0.05, 0) is 6.42 Å². The molecule has 0 spiro atoms. The van der Waals surface area contributed by atoms with E-state index in [0.717, 1.165) is 12.5 Å². The molecule has 0 radical (unpaired) electrons. The van der Waals surface area contributed by atoms with Crippen LogP contribution in [0.1, 0.15) is 6.42 Å². The highest BCUT2D eigenvalue weighted by Crippen LogP contribution is 2.14. The zero-order chi connectivity index (χ0) is 13.9. The summed E-state index contributed by atoms with van der Waals surface area (Å²) in [6, 6.07) is 0.683. The summed E-state index contributed by atoms with van der Waals surface area (Å²) in [5.74, 6) is -0.442. The van der Waals surface area contributed by atoms with Crippen LogP contribution in [0.15, 0.2) is 12.7 Å². The summed E-state index contributed by atoms with van der Waals surface area (Å²) in [5.41, 5.74) is 0. The third kappa shape index (κ3) is 6.87. The highest BCUT2D eigenvalue weighted by molar-refractivity contribution is 6.60. The Morgan fingerprint density at radius 1 is 1.11 bits per heavy atom. The van der Waals surface area contributed by atoms with Crippen molar-refractivity contribution in [3.05, 3.63) is 12.7 Å². The van der Waals surface area contributed by atoms with E-state index in [-0.39, 0.29) is 6.61 Å². The van der Waals surface area contributed by atoms with Gasteiger partial charge in [-0.2, -0.15) is 0 Å². The van der Waals surface area contributed by atoms with Gasteiger partial charge in [-0.15, -0.1) is 0 Å². The molecular formula is C11H22O6Si. The molecule has 0 heterocycles. The van der Waals surface area contributed by atoms with Gasteiger partial charge in [0.05, 0.1) is 6.61 Å².